The van der Waals surface area contributed by atoms with Gasteiger partial charge in [-0.15, -0.1) is 0 Å². The third-order valence-electron chi connectivity index (χ3n) is 5.27. The van der Waals surface area contributed by atoms with E-state index >= 15 is 0 Å². The summed E-state index contributed by atoms with van der Waals surface area (Å²) >= 11 is 0. The predicted molar refractivity (Wildman–Crippen MR) is 102 cm³/mol. The number of aryl methyl sites for hydroxylation is 1. The fourth-order valence-corrected chi connectivity index (χ4v) is 3.75. The number of hydrogen-bond acceptors (Lipinski definition) is 6. The normalized spacial score (nSPS) is 17.7. The van der Waals surface area contributed by atoms with Crippen molar-refractivity contribution < 1.29 is 18.7 Å². The molecule has 2 aromatic heterocycles. The number of aromatic amines is 1. The molecule has 2 aliphatic heterocycles. The summed E-state index contributed by atoms with van der Waals surface area (Å²) in [6, 6.07) is 9.00. The Labute approximate surface area is 166 Å². The first-order chi connectivity index (χ1) is 14.1. The highest BCUT2D eigenvalue weighted by atomic mass is 16.6. The van der Waals surface area contributed by atoms with Gasteiger partial charge in [0.25, 0.3) is 5.91 Å². The summed E-state index contributed by atoms with van der Waals surface area (Å²) in [5.74, 6) is 1.24. The molecule has 1 atom stereocenters. The molecule has 1 unspecified atom stereocenters. The van der Waals surface area contributed by atoms with Crippen LogP contribution in [0.15, 0.2) is 45.9 Å². The van der Waals surface area contributed by atoms with Crippen molar-refractivity contribution in [3.8, 4) is 11.5 Å². The lowest BCUT2D eigenvalue weighted by molar-refractivity contribution is 0.0689. The Morgan fingerprint density at radius 2 is 2.10 bits per heavy atom. The zero-order chi connectivity index (χ0) is 20.0. The summed E-state index contributed by atoms with van der Waals surface area (Å²) in [6.45, 7) is 2.86. The second-order valence-corrected chi connectivity index (χ2v) is 7.16. The van der Waals surface area contributed by atoms with Crippen molar-refractivity contribution in [1.29, 1.82) is 0 Å². The van der Waals surface area contributed by atoms with Crippen LogP contribution in [0, 0.1) is 6.92 Å². The van der Waals surface area contributed by atoms with Crippen LogP contribution in [0.3, 0.4) is 0 Å². The van der Waals surface area contributed by atoms with Crippen LogP contribution >= 0.6 is 0 Å². The van der Waals surface area contributed by atoms with Crippen molar-refractivity contribution in [3.05, 3.63) is 75.4 Å². The smallest absolute Gasteiger partial charge is 0.349 e. The van der Waals surface area contributed by atoms with Gasteiger partial charge in [-0.25, -0.2) is 9.78 Å². The molecule has 0 saturated carbocycles. The number of benzene rings is 1. The number of para-hydroxylation sites is 2. The SMILES string of the molecule is Cc1cc(C2COc3ccccc3O2)oc(=O)c1C(=O)N1CCc2nc[nH]c2C1. The Bertz CT molecular complexity index is 1150. The third kappa shape index (κ3) is 3.06. The summed E-state index contributed by atoms with van der Waals surface area (Å²) in [4.78, 5) is 34.6. The number of aromatic nitrogens is 2. The monoisotopic (exact) mass is 393 g/mol. The van der Waals surface area contributed by atoms with Crippen LogP contribution in [0.25, 0.3) is 0 Å². The lowest BCUT2D eigenvalue weighted by Gasteiger charge is -2.27. The number of nitrogens with zero attached hydrogens (tertiary/aromatic N) is 2. The predicted octanol–water partition coefficient (Wildman–Crippen LogP) is 2.38. The largest absolute Gasteiger partial charge is 0.485 e. The van der Waals surface area contributed by atoms with E-state index in [1.807, 2.05) is 18.2 Å². The van der Waals surface area contributed by atoms with Crippen LogP contribution < -0.4 is 15.1 Å². The quantitative estimate of drug-likeness (QED) is 0.718. The van der Waals surface area contributed by atoms with Crippen LogP contribution in [0.1, 0.15) is 39.2 Å². The second-order valence-electron chi connectivity index (χ2n) is 7.16. The second kappa shape index (κ2) is 6.80. The first kappa shape index (κ1) is 17.5. The molecule has 3 aromatic rings. The lowest BCUT2D eigenvalue weighted by Crippen LogP contribution is -2.39. The van der Waals surface area contributed by atoms with Gasteiger partial charge in [-0.3, -0.25) is 4.79 Å². The van der Waals surface area contributed by atoms with E-state index in [-0.39, 0.29) is 18.1 Å². The van der Waals surface area contributed by atoms with E-state index in [4.69, 9.17) is 13.9 Å². The molecule has 8 nitrogen and oxygen atoms in total. The van der Waals surface area contributed by atoms with E-state index in [1.165, 1.54) is 0 Å². The van der Waals surface area contributed by atoms with E-state index in [0.717, 1.165) is 11.4 Å². The molecule has 0 bridgehead atoms. The minimum atomic E-state index is -0.664. The van der Waals surface area contributed by atoms with Crippen molar-refractivity contribution in [2.45, 2.75) is 26.0 Å². The van der Waals surface area contributed by atoms with Gasteiger partial charge in [0.2, 0.25) is 0 Å². The van der Waals surface area contributed by atoms with Crippen molar-refractivity contribution in [2.24, 2.45) is 0 Å². The number of carbonyl (C=O) groups excluding carboxylic acids is 1. The molecule has 148 valence electrons. The summed E-state index contributed by atoms with van der Waals surface area (Å²) in [7, 11) is 0. The van der Waals surface area contributed by atoms with E-state index < -0.39 is 11.7 Å². The van der Waals surface area contributed by atoms with Crippen LogP contribution in [0.5, 0.6) is 11.5 Å². The van der Waals surface area contributed by atoms with Gasteiger partial charge in [-0.2, -0.15) is 0 Å². The standard InChI is InChI=1S/C21H19N3O5/c1-12-8-17(18-10-27-15-4-2-3-5-16(15)28-18)29-21(26)19(12)20(25)24-7-6-13-14(9-24)23-11-22-13/h2-5,8,11,18H,6-7,9-10H2,1H3,(H,22,23). The molecule has 0 aliphatic carbocycles. The highest BCUT2D eigenvalue weighted by Crippen LogP contribution is 2.35. The zero-order valence-corrected chi connectivity index (χ0v) is 15.8. The number of carbonyl (C=O) groups is 1. The first-order valence-corrected chi connectivity index (χ1v) is 9.43. The van der Waals surface area contributed by atoms with E-state index in [9.17, 15) is 9.59 Å². The average Bonchev–Trinajstić information content (AvgIpc) is 3.20. The molecular formula is C21H19N3O5. The van der Waals surface area contributed by atoms with Crippen LogP contribution in [0.4, 0.5) is 0 Å². The van der Waals surface area contributed by atoms with Crippen molar-refractivity contribution >= 4 is 5.91 Å². The molecule has 29 heavy (non-hydrogen) atoms. The van der Waals surface area contributed by atoms with Gasteiger partial charge in [0.1, 0.15) is 12.2 Å². The number of imidazole rings is 1. The number of fused-ring (bicyclic) bond motifs is 2. The zero-order valence-electron chi connectivity index (χ0n) is 15.8. The molecular weight excluding hydrogens is 374 g/mol. The fraction of sp³-hybridized carbons (Fsp3) is 0.286. The van der Waals surface area contributed by atoms with E-state index in [2.05, 4.69) is 9.97 Å². The van der Waals surface area contributed by atoms with Gasteiger partial charge in [-0.1, -0.05) is 12.1 Å². The molecule has 0 saturated heterocycles. The van der Waals surface area contributed by atoms with Crippen molar-refractivity contribution in [1.82, 2.24) is 14.9 Å². The maximum atomic E-state index is 13.0. The molecule has 5 rings (SSSR count). The molecule has 0 radical (unpaired) electrons. The Hall–Kier alpha value is -3.55. The Morgan fingerprint density at radius 1 is 1.28 bits per heavy atom. The van der Waals surface area contributed by atoms with E-state index in [0.29, 0.717) is 42.3 Å². The molecule has 1 N–H and O–H groups in total. The molecule has 2 aliphatic rings. The number of hydrogen-bond donors (Lipinski definition) is 1. The first-order valence-electron chi connectivity index (χ1n) is 9.43. The lowest BCUT2D eigenvalue weighted by atomic mass is 10.1. The minimum absolute atomic E-state index is 0.0499. The number of rotatable bonds is 2. The van der Waals surface area contributed by atoms with Gasteiger partial charge < -0.3 is 23.8 Å². The number of H-pyrrole nitrogens is 1. The van der Waals surface area contributed by atoms with E-state index in [1.54, 1.807) is 30.3 Å². The number of ether oxygens (including phenoxy) is 2. The molecule has 1 amide bonds. The van der Waals surface area contributed by atoms with Gasteiger partial charge >= 0.3 is 5.63 Å². The summed E-state index contributed by atoms with van der Waals surface area (Å²) < 4.78 is 17.1. The molecule has 0 spiro atoms. The average molecular weight is 393 g/mol. The maximum absolute atomic E-state index is 13.0. The van der Waals surface area contributed by atoms with Gasteiger partial charge in [-0.05, 0) is 30.7 Å². The number of amides is 1. The minimum Gasteiger partial charge on any atom is -0.485 e. The summed E-state index contributed by atoms with van der Waals surface area (Å²) in [6.07, 6.45) is 1.72. The molecule has 0 fully saturated rings. The van der Waals surface area contributed by atoms with Crippen LogP contribution in [-0.4, -0.2) is 33.9 Å². The van der Waals surface area contributed by atoms with Crippen molar-refractivity contribution in [2.75, 3.05) is 13.2 Å². The van der Waals surface area contributed by atoms with Crippen molar-refractivity contribution in [3.63, 3.8) is 0 Å². The summed E-state index contributed by atoms with van der Waals surface area (Å²) in [5.41, 5.74) is 1.80. The maximum Gasteiger partial charge on any atom is 0.349 e. The molecule has 8 heteroatoms. The molecule has 1 aromatic carbocycles. The molecule has 4 heterocycles. The number of nitrogens with one attached hydrogen (secondary N) is 1. The Balaban J connectivity index is 1.41. The highest BCUT2D eigenvalue weighted by molar-refractivity contribution is 5.95. The van der Waals surface area contributed by atoms with Crippen LogP contribution in [0.2, 0.25) is 0 Å². The fourth-order valence-electron chi connectivity index (χ4n) is 3.75. The Kier molecular flexibility index (Phi) is 4.12. The van der Waals surface area contributed by atoms with Crippen LogP contribution in [-0.2, 0) is 13.0 Å². The van der Waals surface area contributed by atoms with Gasteiger partial charge in [0.05, 0.1) is 24.3 Å². The topological polar surface area (TPSA) is 97.7 Å². The summed E-state index contributed by atoms with van der Waals surface area (Å²) in [5, 5.41) is 0. The van der Waals surface area contributed by atoms with Gasteiger partial charge in [0, 0.05) is 13.0 Å². The van der Waals surface area contributed by atoms with Gasteiger partial charge in [0.15, 0.2) is 23.4 Å². The highest BCUT2D eigenvalue weighted by Gasteiger charge is 2.30. The Morgan fingerprint density at radius 3 is 2.93 bits per heavy atom. The third-order valence-corrected chi connectivity index (χ3v) is 5.27.